The van der Waals surface area contributed by atoms with E-state index in [9.17, 15) is 4.79 Å². The smallest absolute Gasteiger partial charge is 0.337 e. The van der Waals surface area contributed by atoms with E-state index in [0.29, 0.717) is 23.7 Å². The van der Waals surface area contributed by atoms with Crippen molar-refractivity contribution in [3.63, 3.8) is 0 Å². The molecule has 0 saturated carbocycles. The number of fused-ring (bicyclic) bond motifs is 1. The van der Waals surface area contributed by atoms with Crippen LogP contribution >= 0.6 is 0 Å². The van der Waals surface area contributed by atoms with Crippen LogP contribution in [0.15, 0.2) is 12.1 Å². The molecule has 1 aliphatic rings. The fourth-order valence-electron chi connectivity index (χ4n) is 1.76. The van der Waals surface area contributed by atoms with Crippen molar-refractivity contribution < 1.29 is 14.6 Å². The van der Waals surface area contributed by atoms with Gasteiger partial charge in [0, 0.05) is 7.05 Å². The molecule has 0 amide bonds. The van der Waals surface area contributed by atoms with Gasteiger partial charge < -0.3 is 20.1 Å². The molecule has 0 aromatic heterocycles. The molecule has 0 bridgehead atoms. The lowest BCUT2D eigenvalue weighted by Crippen LogP contribution is -2.17. The second-order valence-corrected chi connectivity index (χ2v) is 3.38. The summed E-state index contributed by atoms with van der Waals surface area (Å²) in [5, 5.41) is 12.1. The summed E-state index contributed by atoms with van der Waals surface area (Å²) in [6.45, 7) is 0.593. The maximum atomic E-state index is 11.0. The highest BCUT2D eigenvalue weighted by molar-refractivity contribution is 6.01. The number of carboxylic acid groups (broad SMARTS) is 1. The maximum absolute atomic E-state index is 11.0. The van der Waals surface area contributed by atoms with Gasteiger partial charge in [-0.25, -0.2) is 4.79 Å². The third kappa shape index (κ3) is 1.36. The molecule has 80 valence electrons. The first kappa shape index (κ1) is 9.64. The number of hydrogen-bond acceptors (Lipinski definition) is 4. The van der Waals surface area contributed by atoms with Gasteiger partial charge in [-0.15, -0.1) is 0 Å². The van der Waals surface area contributed by atoms with Gasteiger partial charge in [0.15, 0.2) is 0 Å². The van der Waals surface area contributed by atoms with Crippen LogP contribution in [0.2, 0.25) is 0 Å². The summed E-state index contributed by atoms with van der Waals surface area (Å²) in [6, 6.07) is 3.22. The van der Waals surface area contributed by atoms with Gasteiger partial charge in [0.1, 0.15) is 11.4 Å². The highest BCUT2D eigenvalue weighted by atomic mass is 16.5. The Morgan fingerprint density at radius 3 is 2.93 bits per heavy atom. The molecule has 1 aromatic carbocycles. The Bertz CT molecular complexity index is 417. The van der Waals surface area contributed by atoms with E-state index in [0.717, 1.165) is 5.69 Å². The normalized spacial score (nSPS) is 13.3. The average Bonchev–Trinajstić information content (AvgIpc) is 2.60. The molecule has 1 aliphatic heterocycles. The lowest BCUT2D eigenvalue weighted by Gasteiger charge is -2.13. The van der Waals surface area contributed by atoms with Gasteiger partial charge in [0.25, 0.3) is 0 Å². The first-order valence-corrected chi connectivity index (χ1v) is 4.54. The molecule has 0 radical (unpaired) electrons. The molecule has 2 N–H and O–H groups in total. The monoisotopic (exact) mass is 208 g/mol. The first-order valence-electron chi connectivity index (χ1n) is 4.54. The number of benzene rings is 1. The summed E-state index contributed by atoms with van der Waals surface area (Å²) in [7, 11) is 3.40. The number of hydrogen-bond donors (Lipinski definition) is 2. The van der Waals surface area contributed by atoms with Gasteiger partial charge in [-0.05, 0) is 12.1 Å². The Hall–Kier alpha value is -1.91. The predicted molar refractivity (Wildman–Crippen MR) is 56.8 cm³/mol. The number of aromatic carboxylic acids is 1. The van der Waals surface area contributed by atoms with Gasteiger partial charge in [-0.2, -0.15) is 0 Å². The van der Waals surface area contributed by atoms with Crippen LogP contribution < -0.4 is 15.0 Å². The van der Waals surface area contributed by atoms with Gasteiger partial charge in [-0.1, -0.05) is 0 Å². The second kappa shape index (κ2) is 3.34. The summed E-state index contributed by atoms with van der Waals surface area (Å²) in [5.74, 6) is -0.260. The Labute approximate surface area is 87.3 Å². The lowest BCUT2D eigenvalue weighted by atomic mass is 10.1. The Morgan fingerprint density at radius 2 is 2.33 bits per heavy atom. The lowest BCUT2D eigenvalue weighted by molar-refractivity contribution is 0.0697. The SMILES string of the molecule is COc1ccc(C(=O)O)c2c1NCN2C. The molecule has 5 heteroatoms. The Morgan fingerprint density at radius 1 is 1.60 bits per heavy atom. The molecule has 15 heavy (non-hydrogen) atoms. The minimum atomic E-state index is -0.926. The van der Waals surface area contributed by atoms with Crippen LogP contribution in [0.25, 0.3) is 0 Å². The van der Waals surface area contributed by atoms with Gasteiger partial charge in [-0.3, -0.25) is 0 Å². The van der Waals surface area contributed by atoms with E-state index >= 15 is 0 Å². The van der Waals surface area contributed by atoms with Crippen LogP contribution in [0.3, 0.4) is 0 Å². The first-order chi connectivity index (χ1) is 7.15. The maximum Gasteiger partial charge on any atom is 0.337 e. The standard InChI is InChI=1S/C10H12N2O3/c1-12-5-11-8-7(15-2)4-3-6(9(8)12)10(13)14/h3-4,11H,5H2,1-2H3,(H,13,14). The zero-order valence-corrected chi connectivity index (χ0v) is 8.57. The van der Waals surface area contributed by atoms with E-state index in [1.54, 1.807) is 19.2 Å². The molecule has 0 fully saturated rings. The summed E-state index contributed by atoms with van der Waals surface area (Å²) in [5.41, 5.74) is 1.72. The fourth-order valence-corrected chi connectivity index (χ4v) is 1.76. The number of carboxylic acids is 1. The number of methoxy groups -OCH3 is 1. The zero-order chi connectivity index (χ0) is 11.0. The second-order valence-electron chi connectivity index (χ2n) is 3.38. The molecule has 0 spiro atoms. The zero-order valence-electron chi connectivity index (χ0n) is 8.57. The summed E-state index contributed by atoms with van der Waals surface area (Å²) < 4.78 is 5.16. The largest absolute Gasteiger partial charge is 0.495 e. The van der Waals surface area contributed by atoms with Crippen molar-refractivity contribution in [2.24, 2.45) is 0 Å². The van der Waals surface area contributed by atoms with E-state index in [4.69, 9.17) is 9.84 Å². The number of anilines is 2. The van der Waals surface area contributed by atoms with E-state index in [-0.39, 0.29) is 0 Å². The molecule has 0 unspecified atom stereocenters. The van der Waals surface area contributed by atoms with E-state index in [1.165, 1.54) is 0 Å². The van der Waals surface area contributed by atoms with Gasteiger partial charge in [0.05, 0.1) is 25.0 Å². The molecule has 1 aromatic rings. The van der Waals surface area contributed by atoms with Gasteiger partial charge >= 0.3 is 5.97 Å². The van der Waals surface area contributed by atoms with Crippen LogP contribution in [-0.2, 0) is 0 Å². The quantitative estimate of drug-likeness (QED) is 0.765. The van der Waals surface area contributed by atoms with Crippen LogP contribution in [0.1, 0.15) is 10.4 Å². The number of ether oxygens (including phenoxy) is 1. The summed E-state index contributed by atoms with van der Waals surface area (Å²) in [4.78, 5) is 12.9. The molecule has 5 nitrogen and oxygen atoms in total. The summed E-state index contributed by atoms with van der Waals surface area (Å²) >= 11 is 0. The van der Waals surface area contributed by atoms with Crippen LogP contribution in [0, 0.1) is 0 Å². The number of carbonyl (C=O) groups is 1. The average molecular weight is 208 g/mol. The van der Waals surface area contributed by atoms with Crippen LogP contribution in [0.4, 0.5) is 11.4 Å². The van der Waals surface area contributed by atoms with E-state index < -0.39 is 5.97 Å². The van der Waals surface area contributed by atoms with Crippen molar-refractivity contribution in [3.8, 4) is 5.75 Å². The van der Waals surface area contributed by atoms with Crippen molar-refractivity contribution in [2.45, 2.75) is 0 Å². The highest BCUT2D eigenvalue weighted by Gasteiger charge is 2.25. The van der Waals surface area contributed by atoms with Crippen molar-refractivity contribution in [2.75, 3.05) is 31.0 Å². The van der Waals surface area contributed by atoms with Gasteiger partial charge in [0.2, 0.25) is 0 Å². The molecular weight excluding hydrogens is 196 g/mol. The topological polar surface area (TPSA) is 61.8 Å². The molecule has 0 saturated heterocycles. The minimum absolute atomic E-state index is 0.290. The van der Waals surface area contributed by atoms with Crippen LogP contribution in [0.5, 0.6) is 5.75 Å². The number of nitrogens with one attached hydrogen (secondary N) is 1. The summed E-state index contributed by atoms with van der Waals surface area (Å²) in [6.07, 6.45) is 0. The third-order valence-corrected chi connectivity index (χ3v) is 2.46. The predicted octanol–water partition coefficient (Wildman–Crippen LogP) is 1.21. The highest BCUT2D eigenvalue weighted by Crippen LogP contribution is 2.41. The Kier molecular flexibility index (Phi) is 2.15. The molecule has 0 atom stereocenters. The molecule has 1 heterocycles. The van der Waals surface area contributed by atoms with Crippen molar-refractivity contribution in [1.82, 2.24) is 0 Å². The minimum Gasteiger partial charge on any atom is -0.495 e. The van der Waals surface area contributed by atoms with E-state index in [1.807, 2.05) is 11.9 Å². The number of rotatable bonds is 2. The fraction of sp³-hybridized carbons (Fsp3) is 0.300. The van der Waals surface area contributed by atoms with Crippen molar-refractivity contribution in [3.05, 3.63) is 17.7 Å². The third-order valence-electron chi connectivity index (χ3n) is 2.46. The number of nitrogens with zero attached hydrogens (tertiary/aromatic N) is 1. The molecule has 0 aliphatic carbocycles. The van der Waals surface area contributed by atoms with Crippen LogP contribution in [-0.4, -0.2) is 31.9 Å². The molecule has 2 rings (SSSR count). The van der Waals surface area contributed by atoms with E-state index in [2.05, 4.69) is 5.32 Å². The molecular formula is C10H12N2O3. The van der Waals surface area contributed by atoms with Crippen molar-refractivity contribution in [1.29, 1.82) is 0 Å². The Balaban J connectivity index is 2.63. The van der Waals surface area contributed by atoms with Crippen molar-refractivity contribution >= 4 is 17.3 Å².